The van der Waals surface area contributed by atoms with Gasteiger partial charge in [-0.1, -0.05) is 0 Å². The zero-order valence-electron chi connectivity index (χ0n) is 15.0. The molecule has 1 aliphatic rings. The van der Waals surface area contributed by atoms with E-state index in [9.17, 15) is 9.59 Å². The molecule has 0 aromatic heterocycles. The molecule has 2 rings (SSSR count). The van der Waals surface area contributed by atoms with Gasteiger partial charge >= 0.3 is 0 Å². The molecule has 6 nitrogen and oxygen atoms in total. The Balaban J connectivity index is 0.000000351. The van der Waals surface area contributed by atoms with Gasteiger partial charge in [-0.15, -0.1) is 0 Å². The van der Waals surface area contributed by atoms with Gasteiger partial charge < -0.3 is 19.5 Å². The van der Waals surface area contributed by atoms with Crippen LogP contribution in [-0.2, 0) is 9.53 Å². The third-order valence-electron chi connectivity index (χ3n) is 3.41. The minimum atomic E-state index is -0.318. The molecule has 1 aromatic rings. The fourth-order valence-electron chi connectivity index (χ4n) is 2.20. The van der Waals surface area contributed by atoms with E-state index in [0.717, 1.165) is 19.4 Å². The molecule has 1 N–H and O–H groups in total. The summed E-state index contributed by atoms with van der Waals surface area (Å²) in [4.78, 5) is 21.8. The molecule has 0 radical (unpaired) electrons. The van der Waals surface area contributed by atoms with Gasteiger partial charge in [0, 0.05) is 11.6 Å². The maximum absolute atomic E-state index is 12.2. The molecule has 0 bridgehead atoms. The molecular weight excluding hydrogens is 310 g/mol. The third kappa shape index (κ3) is 6.58. The minimum Gasteiger partial charge on any atom is -0.497 e. The van der Waals surface area contributed by atoms with Crippen LogP contribution in [0.2, 0.25) is 0 Å². The first-order valence-corrected chi connectivity index (χ1v) is 7.93. The summed E-state index contributed by atoms with van der Waals surface area (Å²) in [5.74, 6) is 1.40. The lowest BCUT2D eigenvalue weighted by Gasteiger charge is -2.14. The van der Waals surface area contributed by atoms with Gasteiger partial charge in [0.1, 0.15) is 17.1 Å². The maximum atomic E-state index is 12.2. The van der Waals surface area contributed by atoms with Gasteiger partial charge in [0.2, 0.25) is 0 Å². The van der Waals surface area contributed by atoms with E-state index in [4.69, 9.17) is 9.47 Å². The molecule has 1 atom stereocenters. The number of ketones is 1. The number of carbonyl (C=O) groups is 2. The lowest BCUT2D eigenvalue weighted by Crippen LogP contribution is -2.30. The molecule has 1 aromatic carbocycles. The summed E-state index contributed by atoms with van der Waals surface area (Å²) < 4.78 is 14.9. The first kappa shape index (κ1) is 20.0. The van der Waals surface area contributed by atoms with Crippen molar-refractivity contribution in [3.8, 4) is 11.5 Å². The van der Waals surface area contributed by atoms with E-state index >= 15 is 0 Å². The Morgan fingerprint density at radius 1 is 1.17 bits per heavy atom. The number of benzene rings is 1. The molecule has 0 amide bonds. The van der Waals surface area contributed by atoms with E-state index in [2.05, 4.69) is 10.1 Å². The van der Waals surface area contributed by atoms with E-state index in [1.54, 1.807) is 32.4 Å². The quantitative estimate of drug-likeness (QED) is 0.658. The number of carbonyl (C=O) groups excluding carboxylic acids is 2. The molecule has 1 saturated heterocycles. The highest BCUT2D eigenvalue weighted by Crippen LogP contribution is 2.24. The van der Waals surface area contributed by atoms with Crippen molar-refractivity contribution in [3.63, 3.8) is 0 Å². The Morgan fingerprint density at radius 2 is 1.75 bits per heavy atom. The summed E-state index contributed by atoms with van der Waals surface area (Å²) in [6, 6.07) is 5.21. The SMILES string of the molecule is CC(C)(C)OC=O.COc1cc(OC)cc(C(=O)[C@H]2CCCN2)c1. The summed E-state index contributed by atoms with van der Waals surface area (Å²) in [5, 5.41) is 3.20. The second kappa shape index (κ2) is 9.27. The minimum absolute atomic E-state index is 0.0631. The monoisotopic (exact) mass is 337 g/mol. The van der Waals surface area contributed by atoms with Crippen LogP contribution < -0.4 is 14.8 Å². The maximum Gasteiger partial charge on any atom is 0.293 e. The van der Waals surface area contributed by atoms with E-state index < -0.39 is 0 Å². The molecule has 0 unspecified atom stereocenters. The molecule has 0 saturated carbocycles. The summed E-state index contributed by atoms with van der Waals surface area (Å²) >= 11 is 0. The Kier molecular flexibility index (Phi) is 7.71. The van der Waals surface area contributed by atoms with Gasteiger partial charge in [0.15, 0.2) is 5.78 Å². The highest BCUT2D eigenvalue weighted by molar-refractivity contribution is 6.01. The average molecular weight is 337 g/mol. The summed E-state index contributed by atoms with van der Waals surface area (Å²) in [6.07, 6.45) is 1.95. The fraction of sp³-hybridized carbons (Fsp3) is 0.556. The van der Waals surface area contributed by atoms with E-state index in [-0.39, 0.29) is 17.4 Å². The Hall–Kier alpha value is -2.08. The van der Waals surface area contributed by atoms with E-state index in [1.165, 1.54) is 0 Å². The summed E-state index contributed by atoms with van der Waals surface area (Å²) in [6.45, 7) is 6.84. The normalized spacial score (nSPS) is 16.6. The second-order valence-corrected chi connectivity index (χ2v) is 6.44. The van der Waals surface area contributed by atoms with Gasteiger partial charge in [-0.05, 0) is 52.3 Å². The van der Waals surface area contributed by atoms with Crippen molar-refractivity contribution in [1.29, 1.82) is 0 Å². The highest BCUT2D eigenvalue weighted by atomic mass is 16.5. The van der Waals surface area contributed by atoms with E-state index in [1.807, 2.05) is 20.8 Å². The molecule has 0 spiro atoms. The first-order valence-electron chi connectivity index (χ1n) is 7.93. The molecular formula is C18H27NO5. The number of rotatable bonds is 5. The first-order chi connectivity index (χ1) is 11.3. The molecule has 1 aliphatic heterocycles. The van der Waals surface area contributed by atoms with Crippen LogP contribution in [0.5, 0.6) is 11.5 Å². The second-order valence-electron chi connectivity index (χ2n) is 6.44. The Bertz CT molecular complexity index is 523. The standard InChI is InChI=1S/C13H17NO3.C5H10O2/c1-16-10-6-9(7-11(8-10)17-2)13(15)12-4-3-5-14-12;1-5(2,3)7-4-6/h6-8,12,14H,3-5H2,1-2H3;4H,1-3H3/t12-;/m1./s1. The fourth-order valence-corrected chi connectivity index (χ4v) is 2.20. The number of hydrogen-bond acceptors (Lipinski definition) is 6. The van der Waals surface area contributed by atoms with Crippen LogP contribution >= 0.6 is 0 Å². The van der Waals surface area contributed by atoms with Gasteiger partial charge in [-0.3, -0.25) is 9.59 Å². The Labute approximate surface area is 143 Å². The van der Waals surface area contributed by atoms with Crippen LogP contribution in [0, 0.1) is 0 Å². The Morgan fingerprint density at radius 3 is 2.08 bits per heavy atom. The van der Waals surface area contributed by atoms with Crippen molar-refractivity contribution < 1.29 is 23.8 Å². The molecule has 134 valence electrons. The molecule has 1 fully saturated rings. The van der Waals surface area contributed by atoms with Crippen LogP contribution in [0.3, 0.4) is 0 Å². The van der Waals surface area contributed by atoms with Crippen molar-refractivity contribution in [2.24, 2.45) is 0 Å². The smallest absolute Gasteiger partial charge is 0.293 e. The molecule has 0 aliphatic carbocycles. The predicted octanol–water partition coefficient (Wildman–Crippen LogP) is 2.60. The number of ether oxygens (including phenoxy) is 3. The number of methoxy groups -OCH3 is 2. The van der Waals surface area contributed by atoms with Gasteiger partial charge in [-0.25, -0.2) is 0 Å². The largest absolute Gasteiger partial charge is 0.497 e. The van der Waals surface area contributed by atoms with Crippen LogP contribution in [0.1, 0.15) is 44.0 Å². The van der Waals surface area contributed by atoms with Crippen molar-refractivity contribution in [2.45, 2.75) is 45.3 Å². The zero-order chi connectivity index (χ0) is 18.2. The molecule has 1 heterocycles. The van der Waals surface area contributed by atoms with Crippen LogP contribution in [0.4, 0.5) is 0 Å². The van der Waals surface area contributed by atoms with E-state index in [0.29, 0.717) is 23.5 Å². The highest BCUT2D eigenvalue weighted by Gasteiger charge is 2.24. The topological polar surface area (TPSA) is 73.9 Å². The van der Waals surface area contributed by atoms with Crippen molar-refractivity contribution in [3.05, 3.63) is 23.8 Å². The lowest BCUT2D eigenvalue weighted by atomic mass is 10.0. The third-order valence-corrected chi connectivity index (χ3v) is 3.41. The molecule has 24 heavy (non-hydrogen) atoms. The number of Topliss-reactive ketones (excluding diaryl/α,β-unsaturated/α-hetero) is 1. The van der Waals surface area contributed by atoms with Crippen molar-refractivity contribution in [1.82, 2.24) is 5.32 Å². The predicted molar refractivity (Wildman–Crippen MR) is 91.8 cm³/mol. The van der Waals surface area contributed by atoms with Crippen molar-refractivity contribution in [2.75, 3.05) is 20.8 Å². The lowest BCUT2D eigenvalue weighted by molar-refractivity contribution is -0.138. The van der Waals surface area contributed by atoms with Gasteiger partial charge in [0.25, 0.3) is 6.47 Å². The van der Waals surface area contributed by atoms with Gasteiger partial charge in [-0.2, -0.15) is 0 Å². The van der Waals surface area contributed by atoms with Crippen LogP contribution in [0.15, 0.2) is 18.2 Å². The zero-order valence-corrected chi connectivity index (χ0v) is 15.0. The van der Waals surface area contributed by atoms with Crippen molar-refractivity contribution >= 4 is 12.3 Å². The molecule has 6 heteroatoms. The van der Waals surface area contributed by atoms with Crippen LogP contribution in [-0.4, -0.2) is 44.7 Å². The van der Waals surface area contributed by atoms with Gasteiger partial charge in [0.05, 0.1) is 20.3 Å². The summed E-state index contributed by atoms with van der Waals surface area (Å²) in [5.41, 5.74) is 0.322. The summed E-state index contributed by atoms with van der Waals surface area (Å²) in [7, 11) is 3.16. The van der Waals surface area contributed by atoms with Crippen LogP contribution in [0.25, 0.3) is 0 Å². The number of hydrogen-bond donors (Lipinski definition) is 1. The number of nitrogens with one attached hydrogen (secondary N) is 1. The average Bonchev–Trinajstić information content (AvgIpc) is 3.07.